The lowest BCUT2D eigenvalue weighted by molar-refractivity contribution is -0.151. The highest BCUT2D eigenvalue weighted by Crippen LogP contribution is 2.26. The number of rotatable bonds is 3. The number of halogens is 1. The van der Waals surface area contributed by atoms with Gasteiger partial charge in [-0.15, -0.1) is 11.8 Å². The number of carbonyl (C=O) groups excluding carboxylic acids is 1. The van der Waals surface area contributed by atoms with E-state index < -0.39 is 5.60 Å². The number of carbonyl (C=O) groups is 1. The van der Waals surface area contributed by atoms with E-state index in [-0.39, 0.29) is 5.97 Å². The molecule has 0 aliphatic rings. The molecule has 1 aromatic rings. The molecular formula is C13H17BrO2S. The van der Waals surface area contributed by atoms with Crippen molar-refractivity contribution >= 4 is 33.7 Å². The van der Waals surface area contributed by atoms with Gasteiger partial charge in [0.2, 0.25) is 0 Å². The predicted molar refractivity (Wildman–Crippen MR) is 75.4 cm³/mol. The first kappa shape index (κ1) is 14.6. The van der Waals surface area contributed by atoms with Crippen LogP contribution in [0.3, 0.4) is 0 Å². The highest BCUT2D eigenvalue weighted by atomic mass is 79.9. The maximum absolute atomic E-state index is 11.6. The van der Waals surface area contributed by atoms with E-state index in [4.69, 9.17) is 4.74 Å². The summed E-state index contributed by atoms with van der Waals surface area (Å²) in [6, 6.07) is 6.04. The first-order chi connectivity index (χ1) is 7.78. The van der Waals surface area contributed by atoms with Gasteiger partial charge in [-0.05, 0) is 45.4 Å². The van der Waals surface area contributed by atoms with Gasteiger partial charge in [-0.25, -0.2) is 0 Å². The zero-order chi connectivity index (χ0) is 13.1. The van der Waals surface area contributed by atoms with Crippen LogP contribution in [0, 0.1) is 6.92 Å². The van der Waals surface area contributed by atoms with Gasteiger partial charge in [0.25, 0.3) is 0 Å². The van der Waals surface area contributed by atoms with Crippen molar-refractivity contribution < 1.29 is 9.53 Å². The Morgan fingerprint density at radius 3 is 2.65 bits per heavy atom. The third-order valence-corrected chi connectivity index (χ3v) is 3.54. The standard InChI is InChI=1S/C13H17BrO2S/c1-9-5-6-10(14)7-11(9)17-8-12(15)16-13(2,3)4/h5-7H,8H2,1-4H3. The minimum Gasteiger partial charge on any atom is -0.459 e. The molecule has 94 valence electrons. The predicted octanol–water partition coefficient (Wildman–Crippen LogP) is 4.19. The average molecular weight is 317 g/mol. The first-order valence-electron chi connectivity index (χ1n) is 5.39. The maximum Gasteiger partial charge on any atom is 0.316 e. The Bertz CT molecular complexity index is 410. The topological polar surface area (TPSA) is 26.3 Å². The van der Waals surface area contributed by atoms with Gasteiger partial charge in [-0.3, -0.25) is 4.79 Å². The van der Waals surface area contributed by atoms with E-state index in [1.54, 1.807) is 0 Å². The fraction of sp³-hybridized carbons (Fsp3) is 0.462. The monoisotopic (exact) mass is 316 g/mol. The molecule has 2 nitrogen and oxygen atoms in total. The fourth-order valence-electron chi connectivity index (χ4n) is 1.24. The third-order valence-electron chi connectivity index (χ3n) is 1.92. The van der Waals surface area contributed by atoms with Gasteiger partial charge in [-0.2, -0.15) is 0 Å². The summed E-state index contributed by atoms with van der Waals surface area (Å²) in [5, 5.41) is 0. The molecule has 0 atom stereocenters. The third kappa shape index (κ3) is 5.59. The summed E-state index contributed by atoms with van der Waals surface area (Å²) in [6.45, 7) is 7.66. The molecule has 0 aliphatic carbocycles. The molecule has 4 heteroatoms. The zero-order valence-corrected chi connectivity index (χ0v) is 12.9. The molecule has 1 rings (SSSR count). The van der Waals surface area contributed by atoms with Gasteiger partial charge >= 0.3 is 5.97 Å². The van der Waals surface area contributed by atoms with Crippen molar-refractivity contribution in [2.24, 2.45) is 0 Å². The highest BCUT2D eigenvalue weighted by Gasteiger charge is 2.16. The number of esters is 1. The molecule has 1 aromatic carbocycles. The Morgan fingerprint density at radius 2 is 2.06 bits per heavy atom. The summed E-state index contributed by atoms with van der Waals surface area (Å²) in [5.41, 5.74) is 0.756. The molecule has 0 unspecified atom stereocenters. The van der Waals surface area contributed by atoms with E-state index in [0.29, 0.717) is 5.75 Å². The Labute approximate surface area is 115 Å². The molecule has 0 bridgehead atoms. The van der Waals surface area contributed by atoms with E-state index in [2.05, 4.69) is 15.9 Å². The number of aryl methyl sites for hydroxylation is 1. The van der Waals surface area contributed by atoms with Gasteiger partial charge in [0.1, 0.15) is 5.60 Å². The molecule has 0 aromatic heterocycles. The van der Waals surface area contributed by atoms with Gasteiger partial charge in [0, 0.05) is 9.37 Å². The quantitative estimate of drug-likeness (QED) is 0.617. The van der Waals surface area contributed by atoms with E-state index in [9.17, 15) is 4.79 Å². The minimum absolute atomic E-state index is 0.179. The van der Waals surface area contributed by atoms with Crippen molar-refractivity contribution in [2.75, 3.05) is 5.75 Å². The van der Waals surface area contributed by atoms with Gasteiger partial charge in [-0.1, -0.05) is 22.0 Å². The lowest BCUT2D eigenvalue weighted by Crippen LogP contribution is -2.24. The van der Waals surface area contributed by atoms with Crippen LogP contribution in [0.4, 0.5) is 0 Å². The van der Waals surface area contributed by atoms with Crippen molar-refractivity contribution in [3.63, 3.8) is 0 Å². The molecule has 17 heavy (non-hydrogen) atoms. The van der Waals surface area contributed by atoms with Gasteiger partial charge < -0.3 is 4.74 Å². The van der Waals surface area contributed by atoms with Crippen molar-refractivity contribution in [1.82, 2.24) is 0 Å². The second-order valence-corrected chi connectivity index (χ2v) is 6.72. The van der Waals surface area contributed by atoms with Crippen LogP contribution in [-0.2, 0) is 9.53 Å². The highest BCUT2D eigenvalue weighted by molar-refractivity contribution is 9.10. The van der Waals surface area contributed by atoms with Crippen LogP contribution in [0.1, 0.15) is 26.3 Å². The summed E-state index contributed by atoms with van der Waals surface area (Å²) < 4.78 is 6.28. The van der Waals surface area contributed by atoms with Crippen LogP contribution < -0.4 is 0 Å². The molecule has 0 radical (unpaired) electrons. The van der Waals surface area contributed by atoms with Crippen molar-refractivity contribution in [3.8, 4) is 0 Å². The lowest BCUT2D eigenvalue weighted by atomic mass is 10.2. The molecule has 0 saturated carbocycles. The second kappa shape index (κ2) is 5.91. The summed E-state index contributed by atoms with van der Waals surface area (Å²) in [5.74, 6) is 0.163. The summed E-state index contributed by atoms with van der Waals surface area (Å²) in [7, 11) is 0. The smallest absolute Gasteiger partial charge is 0.316 e. The van der Waals surface area contributed by atoms with E-state index in [1.807, 2.05) is 45.9 Å². The maximum atomic E-state index is 11.6. The van der Waals surface area contributed by atoms with Crippen LogP contribution in [0.15, 0.2) is 27.6 Å². The largest absolute Gasteiger partial charge is 0.459 e. The van der Waals surface area contributed by atoms with Crippen molar-refractivity contribution in [1.29, 1.82) is 0 Å². The number of hydrogen-bond donors (Lipinski definition) is 0. The molecule has 0 spiro atoms. The molecule has 0 saturated heterocycles. The fourth-order valence-corrected chi connectivity index (χ4v) is 2.59. The van der Waals surface area contributed by atoms with E-state index >= 15 is 0 Å². The van der Waals surface area contributed by atoms with Gasteiger partial charge in [0.15, 0.2) is 0 Å². The molecule has 0 N–H and O–H groups in total. The van der Waals surface area contributed by atoms with Crippen LogP contribution >= 0.6 is 27.7 Å². The van der Waals surface area contributed by atoms with Gasteiger partial charge in [0.05, 0.1) is 5.75 Å². The average Bonchev–Trinajstić information content (AvgIpc) is 2.17. The Balaban J connectivity index is 2.56. The van der Waals surface area contributed by atoms with Crippen molar-refractivity contribution in [2.45, 2.75) is 38.2 Å². The SMILES string of the molecule is Cc1ccc(Br)cc1SCC(=O)OC(C)(C)C. The van der Waals surface area contributed by atoms with E-state index in [1.165, 1.54) is 17.3 Å². The molecular weight excluding hydrogens is 300 g/mol. The summed E-state index contributed by atoms with van der Waals surface area (Å²) in [4.78, 5) is 12.7. The number of hydrogen-bond acceptors (Lipinski definition) is 3. The number of thioether (sulfide) groups is 1. The summed E-state index contributed by atoms with van der Waals surface area (Å²) in [6.07, 6.45) is 0. The Kier molecular flexibility index (Phi) is 5.07. The summed E-state index contributed by atoms with van der Waals surface area (Å²) >= 11 is 4.93. The van der Waals surface area contributed by atoms with E-state index in [0.717, 1.165) is 9.37 Å². The van der Waals surface area contributed by atoms with Crippen molar-refractivity contribution in [3.05, 3.63) is 28.2 Å². The Hall–Kier alpha value is -0.480. The van der Waals surface area contributed by atoms with Crippen LogP contribution in [0.5, 0.6) is 0 Å². The zero-order valence-electron chi connectivity index (χ0n) is 10.5. The first-order valence-corrected chi connectivity index (χ1v) is 7.16. The molecule has 0 heterocycles. The number of benzene rings is 1. The normalized spacial score (nSPS) is 11.4. The van der Waals surface area contributed by atoms with Crippen LogP contribution in [0.2, 0.25) is 0 Å². The lowest BCUT2D eigenvalue weighted by Gasteiger charge is -2.19. The number of ether oxygens (including phenoxy) is 1. The van der Waals surface area contributed by atoms with Crippen LogP contribution in [-0.4, -0.2) is 17.3 Å². The van der Waals surface area contributed by atoms with Crippen LogP contribution in [0.25, 0.3) is 0 Å². The molecule has 0 amide bonds. The Morgan fingerprint density at radius 1 is 1.41 bits per heavy atom. The molecule has 0 fully saturated rings. The molecule has 0 aliphatic heterocycles. The minimum atomic E-state index is -0.413. The second-order valence-electron chi connectivity index (χ2n) is 4.78.